The van der Waals surface area contributed by atoms with Crippen LogP contribution in [-0.4, -0.2) is 61.1 Å². The molecule has 0 unspecified atom stereocenters. The van der Waals surface area contributed by atoms with Crippen LogP contribution < -0.4 is 0 Å². The largest absolute Gasteiger partial charge is 0.379 e. The highest BCUT2D eigenvalue weighted by Crippen LogP contribution is 2.48. The molecule has 0 aromatic heterocycles. The second-order valence-electron chi connectivity index (χ2n) is 7.45. The van der Waals surface area contributed by atoms with E-state index >= 15 is 0 Å². The fraction of sp³-hybridized carbons (Fsp3) is 0.650. The Morgan fingerprint density at radius 2 is 1.88 bits per heavy atom. The summed E-state index contributed by atoms with van der Waals surface area (Å²) in [6.45, 7) is 5.66. The van der Waals surface area contributed by atoms with Gasteiger partial charge in [-0.25, -0.2) is 0 Å². The summed E-state index contributed by atoms with van der Waals surface area (Å²) < 4.78 is 5.45. The first-order chi connectivity index (χ1) is 11.8. The van der Waals surface area contributed by atoms with Gasteiger partial charge >= 0.3 is 0 Å². The molecule has 1 aromatic carbocycles. The van der Waals surface area contributed by atoms with Gasteiger partial charge in [0.25, 0.3) is 0 Å². The minimum Gasteiger partial charge on any atom is -0.379 e. The molecule has 1 aromatic rings. The summed E-state index contributed by atoms with van der Waals surface area (Å²) in [7, 11) is 0. The zero-order valence-corrected chi connectivity index (χ0v) is 14.4. The van der Waals surface area contributed by atoms with Gasteiger partial charge in [-0.2, -0.15) is 0 Å². The van der Waals surface area contributed by atoms with E-state index in [4.69, 9.17) is 4.74 Å². The van der Waals surface area contributed by atoms with Crippen molar-refractivity contribution in [1.82, 2.24) is 9.80 Å². The number of morpholine rings is 1. The van der Waals surface area contributed by atoms with E-state index in [-0.39, 0.29) is 5.92 Å². The van der Waals surface area contributed by atoms with Gasteiger partial charge < -0.3 is 9.64 Å². The van der Waals surface area contributed by atoms with Crippen LogP contribution in [0.1, 0.15) is 37.2 Å². The number of hydrogen-bond donors (Lipinski definition) is 0. The van der Waals surface area contributed by atoms with Crippen LogP contribution in [0.5, 0.6) is 0 Å². The van der Waals surface area contributed by atoms with Crippen molar-refractivity contribution in [2.45, 2.75) is 37.6 Å². The molecule has 2 heterocycles. The molecule has 0 radical (unpaired) electrons. The van der Waals surface area contributed by atoms with Crippen molar-refractivity contribution >= 4 is 5.91 Å². The number of carbonyl (C=O) groups excluding carboxylic acids is 1. The lowest BCUT2D eigenvalue weighted by Crippen LogP contribution is -2.51. The second-order valence-corrected chi connectivity index (χ2v) is 7.45. The molecule has 0 spiro atoms. The molecular formula is C20H28N2O2. The highest BCUT2D eigenvalue weighted by molar-refractivity contribution is 5.83. The van der Waals surface area contributed by atoms with E-state index in [1.807, 2.05) is 6.07 Å². The lowest BCUT2D eigenvalue weighted by atomic mass is 10.00. The topological polar surface area (TPSA) is 32.8 Å². The van der Waals surface area contributed by atoms with Crippen LogP contribution in [0.3, 0.4) is 0 Å². The molecule has 4 nitrogen and oxygen atoms in total. The zero-order chi connectivity index (χ0) is 16.4. The SMILES string of the molecule is O=C([C@@H]1C[C@@H]1c1ccccc1)N1CCCC[C@H]1CN1CCOCC1. The summed E-state index contributed by atoms with van der Waals surface area (Å²) in [5, 5.41) is 0. The number of amides is 1. The molecule has 2 aliphatic heterocycles. The van der Waals surface area contributed by atoms with Gasteiger partial charge in [-0.05, 0) is 37.2 Å². The highest BCUT2D eigenvalue weighted by Gasteiger charge is 2.47. The number of rotatable bonds is 4. The van der Waals surface area contributed by atoms with Gasteiger partial charge in [-0.15, -0.1) is 0 Å². The Bertz CT molecular complexity index is 556. The predicted octanol–water partition coefficient (Wildman–Crippen LogP) is 2.50. The first-order valence-electron chi connectivity index (χ1n) is 9.48. The quantitative estimate of drug-likeness (QED) is 0.851. The van der Waals surface area contributed by atoms with Crippen molar-refractivity contribution in [3.8, 4) is 0 Å². The maximum absolute atomic E-state index is 13.1. The average molecular weight is 328 g/mol. The van der Waals surface area contributed by atoms with E-state index in [1.54, 1.807) is 0 Å². The van der Waals surface area contributed by atoms with Crippen LogP contribution >= 0.6 is 0 Å². The van der Waals surface area contributed by atoms with Crippen LogP contribution in [0.25, 0.3) is 0 Å². The van der Waals surface area contributed by atoms with Crippen LogP contribution in [0.4, 0.5) is 0 Å². The molecule has 1 aliphatic carbocycles. The molecule has 3 fully saturated rings. The number of carbonyl (C=O) groups is 1. The van der Waals surface area contributed by atoms with Crippen LogP contribution in [0.15, 0.2) is 30.3 Å². The molecule has 1 amide bonds. The van der Waals surface area contributed by atoms with Crippen LogP contribution in [0.2, 0.25) is 0 Å². The normalized spacial score (nSPS) is 31.0. The first kappa shape index (κ1) is 16.1. The van der Waals surface area contributed by atoms with Crippen molar-refractivity contribution < 1.29 is 9.53 Å². The van der Waals surface area contributed by atoms with Crippen molar-refractivity contribution in [3.05, 3.63) is 35.9 Å². The Morgan fingerprint density at radius 3 is 2.67 bits per heavy atom. The summed E-state index contributed by atoms with van der Waals surface area (Å²) in [6.07, 6.45) is 4.61. The lowest BCUT2D eigenvalue weighted by Gasteiger charge is -2.40. The second kappa shape index (κ2) is 7.24. The molecule has 0 bridgehead atoms. The smallest absolute Gasteiger partial charge is 0.226 e. The van der Waals surface area contributed by atoms with E-state index in [1.165, 1.54) is 12.0 Å². The third-order valence-electron chi connectivity index (χ3n) is 5.82. The molecule has 1 saturated carbocycles. The Balaban J connectivity index is 1.38. The van der Waals surface area contributed by atoms with Crippen molar-refractivity contribution in [1.29, 1.82) is 0 Å². The van der Waals surface area contributed by atoms with Gasteiger partial charge in [-0.3, -0.25) is 9.69 Å². The minimum absolute atomic E-state index is 0.220. The molecule has 3 aliphatic rings. The predicted molar refractivity (Wildman–Crippen MR) is 93.9 cm³/mol. The summed E-state index contributed by atoms with van der Waals surface area (Å²) in [5.74, 6) is 1.07. The van der Waals surface area contributed by atoms with Gasteiger partial charge in [0.2, 0.25) is 5.91 Å². The Hall–Kier alpha value is -1.39. The average Bonchev–Trinajstić information content (AvgIpc) is 3.44. The molecule has 3 atom stereocenters. The molecule has 24 heavy (non-hydrogen) atoms. The Morgan fingerprint density at radius 1 is 1.08 bits per heavy atom. The summed E-state index contributed by atoms with van der Waals surface area (Å²) in [5.41, 5.74) is 1.33. The maximum atomic E-state index is 13.1. The minimum atomic E-state index is 0.220. The summed E-state index contributed by atoms with van der Waals surface area (Å²) >= 11 is 0. The molecule has 4 rings (SSSR count). The van der Waals surface area contributed by atoms with Crippen molar-refractivity contribution in [3.63, 3.8) is 0 Å². The molecule has 4 heteroatoms. The van der Waals surface area contributed by atoms with Crippen LogP contribution in [-0.2, 0) is 9.53 Å². The van der Waals surface area contributed by atoms with Gasteiger partial charge in [0.1, 0.15) is 0 Å². The third kappa shape index (κ3) is 3.50. The van der Waals surface area contributed by atoms with E-state index in [0.29, 0.717) is 17.9 Å². The zero-order valence-electron chi connectivity index (χ0n) is 14.4. The highest BCUT2D eigenvalue weighted by atomic mass is 16.5. The standard InChI is InChI=1S/C20H28N2O2/c23-20(19-14-18(19)16-6-2-1-3-7-16)22-9-5-4-8-17(22)15-21-10-12-24-13-11-21/h1-3,6-7,17-19H,4-5,8-15H2/t17-,18+,19+/m0/s1. The number of piperidine rings is 1. The van der Waals surface area contributed by atoms with Crippen molar-refractivity contribution in [2.24, 2.45) is 5.92 Å². The number of likely N-dealkylation sites (tertiary alicyclic amines) is 1. The van der Waals surface area contributed by atoms with Crippen molar-refractivity contribution in [2.75, 3.05) is 39.4 Å². The Kier molecular flexibility index (Phi) is 4.86. The number of hydrogen-bond acceptors (Lipinski definition) is 3. The molecule has 0 N–H and O–H groups in total. The Labute approximate surface area is 144 Å². The van der Waals surface area contributed by atoms with Gasteiger partial charge in [0, 0.05) is 38.1 Å². The number of benzene rings is 1. The fourth-order valence-electron chi connectivity index (χ4n) is 4.31. The fourth-order valence-corrected chi connectivity index (χ4v) is 4.31. The van der Waals surface area contributed by atoms with Gasteiger partial charge in [0.15, 0.2) is 0 Å². The molecular weight excluding hydrogens is 300 g/mol. The van der Waals surface area contributed by atoms with E-state index in [2.05, 4.69) is 34.1 Å². The molecule has 2 saturated heterocycles. The summed E-state index contributed by atoms with van der Waals surface area (Å²) in [4.78, 5) is 17.8. The molecule has 130 valence electrons. The lowest BCUT2D eigenvalue weighted by molar-refractivity contribution is -0.137. The van der Waals surface area contributed by atoms with E-state index in [9.17, 15) is 4.79 Å². The van der Waals surface area contributed by atoms with Gasteiger partial charge in [0.05, 0.1) is 13.2 Å². The van der Waals surface area contributed by atoms with Crippen LogP contribution in [0, 0.1) is 5.92 Å². The van der Waals surface area contributed by atoms with E-state index < -0.39 is 0 Å². The third-order valence-corrected chi connectivity index (χ3v) is 5.82. The van der Waals surface area contributed by atoms with E-state index in [0.717, 1.165) is 58.7 Å². The number of ether oxygens (including phenoxy) is 1. The summed E-state index contributed by atoms with van der Waals surface area (Å²) in [6, 6.07) is 10.9. The van der Waals surface area contributed by atoms with Gasteiger partial charge in [-0.1, -0.05) is 30.3 Å². The monoisotopic (exact) mass is 328 g/mol. The number of nitrogens with zero attached hydrogens (tertiary/aromatic N) is 2. The maximum Gasteiger partial charge on any atom is 0.226 e. The first-order valence-corrected chi connectivity index (χ1v) is 9.48.